The highest BCUT2D eigenvalue weighted by atomic mass is 14.9. The van der Waals surface area contributed by atoms with Crippen LogP contribution in [-0.2, 0) is 5.41 Å². The lowest BCUT2D eigenvalue weighted by Crippen LogP contribution is -2.14. The fourth-order valence-electron chi connectivity index (χ4n) is 7.32. The summed E-state index contributed by atoms with van der Waals surface area (Å²) in [4.78, 5) is 15.0. The first-order valence-corrected chi connectivity index (χ1v) is 16.1. The lowest BCUT2D eigenvalue weighted by atomic mass is 9.81. The van der Waals surface area contributed by atoms with Gasteiger partial charge in [0, 0.05) is 33.9 Å². The van der Waals surface area contributed by atoms with Gasteiger partial charge in [-0.05, 0) is 80.2 Å². The zero-order valence-corrected chi connectivity index (χ0v) is 26.3. The third-order valence-electron chi connectivity index (χ3n) is 9.74. The third-order valence-corrected chi connectivity index (χ3v) is 9.74. The summed E-state index contributed by atoms with van der Waals surface area (Å²) in [5.74, 6) is 0.679. The molecular formula is C44H31N3. The number of nitrogens with zero attached hydrogens (tertiary/aromatic N) is 3. The van der Waals surface area contributed by atoms with Crippen LogP contribution in [0.3, 0.4) is 0 Å². The Morgan fingerprint density at radius 3 is 1.89 bits per heavy atom. The first kappa shape index (κ1) is 27.4. The van der Waals surface area contributed by atoms with E-state index >= 15 is 0 Å². The highest BCUT2D eigenvalue weighted by Crippen LogP contribution is 2.50. The standard InChI is InChI=1S/C44H31N3/c1-44(2)38-17-9-8-14-33(38)37-26-36-30(25-39(37)44)20-19-29-24-31(21-22-32(29)36)42-27-41(28-12-4-3-5-13-28)46-43(47-42)35-16-7-6-15-34(35)40-18-10-11-23-45-40/h3-27H,1-2H3. The van der Waals surface area contributed by atoms with Gasteiger partial charge in [0.05, 0.1) is 17.1 Å². The van der Waals surface area contributed by atoms with Crippen molar-refractivity contribution in [1.29, 1.82) is 0 Å². The lowest BCUT2D eigenvalue weighted by Gasteiger charge is -2.21. The van der Waals surface area contributed by atoms with Crippen LogP contribution in [0.1, 0.15) is 25.0 Å². The highest BCUT2D eigenvalue weighted by Gasteiger charge is 2.35. The van der Waals surface area contributed by atoms with E-state index in [1.807, 2.05) is 42.6 Å². The number of aromatic nitrogens is 3. The molecule has 0 saturated carbocycles. The first-order valence-electron chi connectivity index (χ1n) is 16.1. The smallest absolute Gasteiger partial charge is 0.161 e. The SMILES string of the molecule is CC1(C)c2ccccc2-c2cc3c(ccc4cc(-c5cc(-c6ccccc6)nc(-c6ccccc6-c6ccccn6)n5)ccc43)cc21. The summed E-state index contributed by atoms with van der Waals surface area (Å²) in [6.45, 7) is 4.68. The highest BCUT2D eigenvalue weighted by molar-refractivity contribution is 6.10. The van der Waals surface area contributed by atoms with Gasteiger partial charge in [-0.2, -0.15) is 0 Å². The zero-order chi connectivity index (χ0) is 31.5. The molecule has 0 fully saturated rings. The number of hydrogen-bond donors (Lipinski definition) is 0. The molecule has 0 saturated heterocycles. The van der Waals surface area contributed by atoms with Crippen molar-refractivity contribution >= 4 is 21.5 Å². The Balaban J connectivity index is 1.22. The van der Waals surface area contributed by atoms with E-state index in [4.69, 9.17) is 9.97 Å². The van der Waals surface area contributed by atoms with Gasteiger partial charge in [0.25, 0.3) is 0 Å². The summed E-state index contributed by atoms with van der Waals surface area (Å²) in [7, 11) is 0. The van der Waals surface area contributed by atoms with Crippen molar-refractivity contribution in [3.8, 4) is 56.3 Å². The van der Waals surface area contributed by atoms with E-state index < -0.39 is 0 Å². The molecule has 9 rings (SSSR count). The number of fused-ring (bicyclic) bond motifs is 6. The van der Waals surface area contributed by atoms with Crippen LogP contribution >= 0.6 is 0 Å². The summed E-state index contributed by atoms with van der Waals surface area (Å²) in [5.41, 5.74) is 12.2. The molecule has 1 aliphatic carbocycles. The molecule has 1 aliphatic rings. The molecule has 222 valence electrons. The largest absolute Gasteiger partial charge is 0.256 e. The number of rotatable bonds is 4. The molecule has 0 unspecified atom stereocenters. The number of pyridine rings is 1. The van der Waals surface area contributed by atoms with E-state index in [0.29, 0.717) is 5.82 Å². The maximum atomic E-state index is 5.20. The number of hydrogen-bond acceptors (Lipinski definition) is 3. The van der Waals surface area contributed by atoms with Crippen LogP contribution in [0.2, 0.25) is 0 Å². The molecule has 47 heavy (non-hydrogen) atoms. The van der Waals surface area contributed by atoms with Gasteiger partial charge >= 0.3 is 0 Å². The second-order valence-electron chi connectivity index (χ2n) is 12.9. The van der Waals surface area contributed by atoms with Gasteiger partial charge in [0.2, 0.25) is 0 Å². The average Bonchev–Trinajstić information content (AvgIpc) is 3.36. The normalized spacial score (nSPS) is 13.1. The molecule has 2 heterocycles. The lowest BCUT2D eigenvalue weighted by molar-refractivity contribution is 0.661. The van der Waals surface area contributed by atoms with Gasteiger partial charge < -0.3 is 0 Å². The monoisotopic (exact) mass is 601 g/mol. The maximum Gasteiger partial charge on any atom is 0.161 e. The summed E-state index contributed by atoms with van der Waals surface area (Å²) < 4.78 is 0. The Morgan fingerprint density at radius 2 is 1.11 bits per heavy atom. The van der Waals surface area contributed by atoms with Crippen molar-refractivity contribution < 1.29 is 0 Å². The third kappa shape index (κ3) is 4.46. The van der Waals surface area contributed by atoms with Crippen LogP contribution in [0.15, 0.2) is 152 Å². The predicted molar refractivity (Wildman–Crippen MR) is 194 cm³/mol. The van der Waals surface area contributed by atoms with Crippen molar-refractivity contribution in [2.75, 3.05) is 0 Å². The van der Waals surface area contributed by atoms with Gasteiger partial charge in [-0.1, -0.05) is 123 Å². The fourth-order valence-corrected chi connectivity index (χ4v) is 7.32. The quantitative estimate of drug-likeness (QED) is 0.188. The molecule has 0 radical (unpaired) electrons. The molecule has 0 spiro atoms. The van der Waals surface area contributed by atoms with Crippen molar-refractivity contribution in [2.45, 2.75) is 19.3 Å². The molecule has 0 amide bonds. The fraction of sp³-hybridized carbons (Fsp3) is 0.0682. The van der Waals surface area contributed by atoms with Crippen molar-refractivity contribution in [3.05, 3.63) is 163 Å². The summed E-state index contributed by atoms with van der Waals surface area (Å²) in [6.07, 6.45) is 1.82. The Bertz CT molecular complexity index is 2480. The Labute approximate surface area is 274 Å². The molecule has 2 aromatic heterocycles. The van der Waals surface area contributed by atoms with E-state index in [0.717, 1.165) is 39.3 Å². The molecule has 0 N–H and O–H groups in total. The molecular weight excluding hydrogens is 571 g/mol. The summed E-state index contributed by atoms with van der Waals surface area (Å²) in [5, 5.41) is 4.98. The molecule has 8 aromatic rings. The van der Waals surface area contributed by atoms with Crippen LogP contribution < -0.4 is 0 Å². The van der Waals surface area contributed by atoms with Crippen molar-refractivity contribution in [2.24, 2.45) is 0 Å². The zero-order valence-electron chi connectivity index (χ0n) is 26.3. The topological polar surface area (TPSA) is 38.7 Å². The Hall–Kier alpha value is -5.93. The minimum atomic E-state index is -0.0185. The van der Waals surface area contributed by atoms with Crippen LogP contribution in [0.4, 0.5) is 0 Å². The predicted octanol–water partition coefficient (Wildman–Crippen LogP) is 11.2. The van der Waals surface area contributed by atoms with Gasteiger partial charge in [-0.3, -0.25) is 4.98 Å². The Kier molecular flexibility index (Phi) is 6.16. The minimum Gasteiger partial charge on any atom is -0.256 e. The van der Waals surface area contributed by atoms with Crippen LogP contribution in [0, 0.1) is 0 Å². The Morgan fingerprint density at radius 1 is 0.426 bits per heavy atom. The number of benzene rings is 6. The van der Waals surface area contributed by atoms with E-state index in [-0.39, 0.29) is 5.41 Å². The molecule has 0 atom stereocenters. The van der Waals surface area contributed by atoms with Crippen LogP contribution in [-0.4, -0.2) is 15.0 Å². The van der Waals surface area contributed by atoms with E-state index in [1.54, 1.807) is 0 Å². The minimum absolute atomic E-state index is 0.0185. The summed E-state index contributed by atoms with van der Waals surface area (Å²) >= 11 is 0. The van der Waals surface area contributed by atoms with Crippen molar-refractivity contribution in [1.82, 2.24) is 15.0 Å². The molecule has 3 heteroatoms. The van der Waals surface area contributed by atoms with Crippen molar-refractivity contribution in [3.63, 3.8) is 0 Å². The van der Waals surface area contributed by atoms with Crippen LogP contribution in [0.5, 0.6) is 0 Å². The summed E-state index contributed by atoms with van der Waals surface area (Å²) in [6, 6.07) is 51.6. The van der Waals surface area contributed by atoms with Gasteiger partial charge in [0.15, 0.2) is 5.82 Å². The maximum absolute atomic E-state index is 5.20. The second-order valence-corrected chi connectivity index (χ2v) is 12.9. The molecule has 0 aliphatic heterocycles. The first-order chi connectivity index (χ1) is 23.0. The molecule has 3 nitrogen and oxygen atoms in total. The average molecular weight is 602 g/mol. The van der Waals surface area contributed by atoms with E-state index in [1.165, 1.54) is 43.8 Å². The second kappa shape index (κ2) is 10.6. The molecule has 0 bridgehead atoms. The van der Waals surface area contributed by atoms with Gasteiger partial charge in [0.1, 0.15) is 0 Å². The molecule has 6 aromatic carbocycles. The van der Waals surface area contributed by atoms with Gasteiger partial charge in [-0.25, -0.2) is 9.97 Å². The van der Waals surface area contributed by atoms with Crippen LogP contribution in [0.25, 0.3) is 77.8 Å². The van der Waals surface area contributed by atoms with E-state index in [2.05, 4.69) is 128 Å². The van der Waals surface area contributed by atoms with Gasteiger partial charge in [-0.15, -0.1) is 0 Å². The van der Waals surface area contributed by atoms with E-state index in [9.17, 15) is 0 Å².